The van der Waals surface area contributed by atoms with Gasteiger partial charge in [-0.15, -0.1) is 0 Å². The molecule has 1 aliphatic rings. The van der Waals surface area contributed by atoms with Gasteiger partial charge in [0, 0.05) is 70.0 Å². The Morgan fingerprint density at radius 3 is 2.48 bits per heavy atom. The molecule has 0 saturated carbocycles. The first-order chi connectivity index (χ1) is 14.8. The number of imidazole rings is 1. The van der Waals surface area contributed by atoms with Gasteiger partial charge in [-0.2, -0.15) is 9.40 Å². The van der Waals surface area contributed by atoms with Gasteiger partial charge in [-0.1, -0.05) is 0 Å². The van der Waals surface area contributed by atoms with E-state index >= 15 is 0 Å². The van der Waals surface area contributed by atoms with Crippen LogP contribution in [0.5, 0.6) is 0 Å². The number of aryl methyl sites for hydroxylation is 2. The van der Waals surface area contributed by atoms with Crippen molar-refractivity contribution in [1.82, 2.24) is 33.5 Å². The molecule has 0 bridgehead atoms. The summed E-state index contributed by atoms with van der Waals surface area (Å²) in [5.74, 6) is 0.656. The minimum absolute atomic E-state index is 0.0870. The fraction of sp³-hybridized carbons (Fsp3) is 0.400. The Bertz CT molecular complexity index is 1190. The summed E-state index contributed by atoms with van der Waals surface area (Å²) in [6.07, 6.45) is 4.94. The van der Waals surface area contributed by atoms with Crippen molar-refractivity contribution in [2.75, 3.05) is 32.7 Å². The molecule has 164 valence electrons. The third kappa shape index (κ3) is 4.58. The second-order valence-electron chi connectivity index (χ2n) is 7.50. The van der Waals surface area contributed by atoms with Gasteiger partial charge in [0.05, 0.1) is 12.2 Å². The van der Waals surface area contributed by atoms with Crippen molar-refractivity contribution in [1.29, 1.82) is 0 Å². The van der Waals surface area contributed by atoms with Crippen molar-refractivity contribution < 1.29 is 8.42 Å². The van der Waals surface area contributed by atoms with Gasteiger partial charge in [-0.3, -0.25) is 14.7 Å². The zero-order valence-electron chi connectivity index (χ0n) is 17.5. The molecule has 1 fully saturated rings. The number of piperazine rings is 1. The molecule has 1 aliphatic heterocycles. The summed E-state index contributed by atoms with van der Waals surface area (Å²) in [7, 11) is -1.82. The Morgan fingerprint density at radius 2 is 1.84 bits per heavy atom. The van der Waals surface area contributed by atoms with Crippen LogP contribution < -0.4 is 5.56 Å². The van der Waals surface area contributed by atoms with E-state index in [2.05, 4.69) is 20.0 Å². The number of nitrogens with zero attached hydrogens (tertiary/aromatic N) is 7. The van der Waals surface area contributed by atoms with Gasteiger partial charge < -0.3 is 4.57 Å². The molecule has 0 unspecified atom stereocenters. The van der Waals surface area contributed by atoms with E-state index in [1.54, 1.807) is 43.2 Å². The molecule has 10 nitrogen and oxygen atoms in total. The fourth-order valence-electron chi connectivity index (χ4n) is 3.49. The highest BCUT2D eigenvalue weighted by Crippen LogP contribution is 2.17. The minimum atomic E-state index is -3.60. The number of aromatic nitrogens is 5. The van der Waals surface area contributed by atoms with E-state index in [9.17, 15) is 13.2 Å². The maximum atomic E-state index is 12.8. The Balaban J connectivity index is 1.37. The number of sulfonamides is 1. The van der Waals surface area contributed by atoms with Gasteiger partial charge in [-0.25, -0.2) is 18.1 Å². The summed E-state index contributed by atoms with van der Waals surface area (Å²) in [5, 5.41) is 4.54. The molecule has 0 atom stereocenters. The third-order valence-electron chi connectivity index (χ3n) is 5.47. The summed E-state index contributed by atoms with van der Waals surface area (Å²) < 4.78 is 30.3. The van der Waals surface area contributed by atoms with Crippen LogP contribution in [0.1, 0.15) is 5.82 Å². The van der Waals surface area contributed by atoms with Crippen LogP contribution in [0.25, 0.3) is 11.3 Å². The molecule has 3 aromatic rings. The normalized spacial score (nSPS) is 15.9. The van der Waals surface area contributed by atoms with Gasteiger partial charge in [0.2, 0.25) is 0 Å². The first-order valence-corrected chi connectivity index (χ1v) is 11.5. The molecule has 0 spiro atoms. The standard InChI is InChI=1S/C20H25N7O3S/c1-16-22-19(15-24(16)2)31(29,30)26-11-8-25(9-12-26)10-13-27-20(28)6-5-18(23-27)17-4-3-7-21-14-17/h3-7,14-15H,8-13H2,1-2H3. The second kappa shape index (κ2) is 8.69. The zero-order chi connectivity index (χ0) is 22.0. The molecular weight excluding hydrogens is 418 g/mol. The highest BCUT2D eigenvalue weighted by atomic mass is 32.2. The average Bonchev–Trinajstić information content (AvgIpc) is 3.13. The predicted molar refractivity (Wildman–Crippen MR) is 115 cm³/mol. The van der Waals surface area contributed by atoms with E-state index in [1.807, 2.05) is 12.1 Å². The Morgan fingerprint density at radius 1 is 1.06 bits per heavy atom. The van der Waals surface area contributed by atoms with Crippen molar-refractivity contribution in [3.63, 3.8) is 0 Å². The van der Waals surface area contributed by atoms with Crippen LogP contribution >= 0.6 is 0 Å². The topological polar surface area (TPSA) is 106 Å². The largest absolute Gasteiger partial charge is 0.337 e. The van der Waals surface area contributed by atoms with E-state index in [1.165, 1.54) is 15.1 Å². The summed E-state index contributed by atoms with van der Waals surface area (Å²) in [6.45, 7) is 4.76. The molecule has 31 heavy (non-hydrogen) atoms. The molecule has 3 aromatic heterocycles. The SMILES string of the molecule is Cc1nc(S(=O)(=O)N2CCN(CCn3nc(-c4cccnc4)ccc3=O)CC2)cn1C. The summed E-state index contributed by atoms with van der Waals surface area (Å²) in [6, 6.07) is 6.92. The fourth-order valence-corrected chi connectivity index (χ4v) is 4.94. The monoisotopic (exact) mass is 443 g/mol. The molecule has 0 N–H and O–H groups in total. The van der Waals surface area contributed by atoms with E-state index < -0.39 is 10.0 Å². The van der Waals surface area contributed by atoms with Gasteiger partial charge in [0.1, 0.15) is 5.82 Å². The van der Waals surface area contributed by atoms with Crippen LogP contribution in [-0.4, -0.2) is 74.7 Å². The lowest BCUT2D eigenvalue weighted by atomic mass is 10.2. The van der Waals surface area contributed by atoms with Crippen molar-refractivity contribution in [3.8, 4) is 11.3 Å². The molecule has 4 heterocycles. The van der Waals surface area contributed by atoms with Crippen molar-refractivity contribution in [2.24, 2.45) is 7.05 Å². The van der Waals surface area contributed by atoms with E-state index in [0.717, 1.165) is 5.56 Å². The van der Waals surface area contributed by atoms with Crippen LogP contribution in [0.3, 0.4) is 0 Å². The van der Waals surface area contributed by atoms with Gasteiger partial charge in [0.15, 0.2) is 5.03 Å². The average molecular weight is 444 g/mol. The van der Waals surface area contributed by atoms with E-state index in [-0.39, 0.29) is 10.6 Å². The number of pyridine rings is 1. The Kier molecular flexibility index (Phi) is 5.99. The summed E-state index contributed by atoms with van der Waals surface area (Å²) >= 11 is 0. The highest BCUT2D eigenvalue weighted by molar-refractivity contribution is 7.89. The van der Waals surface area contributed by atoms with Gasteiger partial charge in [0.25, 0.3) is 15.6 Å². The van der Waals surface area contributed by atoms with E-state index in [4.69, 9.17) is 0 Å². The summed E-state index contributed by atoms with van der Waals surface area (Å²) in [5.41, 5.74) is 1.37. The van der Waals surface area contributed by atoms with Crippen molar-refractivity contribution >= 4 is 10.0 Å². The lowest BCUT2D eigenvalue weighted by Crippen LogP contribution is -2.49. The van der Waals surface area contributed by atoms with Crippen molar-refractivity contribution in [2.45, 2.75) is 18.5 Å². The summed E-state index contributed by atoms with van der Waals surface area (Å²) in [4.78, 5) is 22.6. The van der Waals surface area contributed by atoms with Gasteiger partial charge in [-0.05, 0) is 25.1 Å². The lowest BCUT2D eigenvalue weighted by molar-refractivity contribution is 0.180. The molecular formula is C20H25N7O3S. The predicted octanol–water partition coefficient (Wildman–Crippen LogP) is 0.354. The van der Waals surface area contributed by atoms with E-state index in [0.29, 0.717) is 50.8 Å². The zero-order valence-corrected chi connectivity index (χ0v) is 18.4. The molecule has 1 saturated heterocycles. The van der Waals surface area contributed by atoms with Crippen LogP contribution in [0.2, 0.25) is 0 Å². The van der Waals surface area contributed by atoms with Crippen LogP contribution in [0.4, 0.5) is 0 Å². The second-order valence-corrected chi connectivity index (χ2v) is 9.39. The number of hydrogen-bond donors (Lipinski definition) is 0. The Hall–Kier alpha value is -2.89. The molecule has 0 radical (unpaired) electrons. The van der Waals surface area contributed by atoms with Crippen LogP contribution in [0, 0.1) is 6.92 Å². The molecule has 4 rings (SSSR count). The van der Waals surface area contributed by atoms with Crippen molar-refractivity contribution in [3.05, 3.63) is 59.0 Å². The molecule has 0 aliphatic carbocycles. The maximum Gasteiger partial charge on any atom is 0.266 e. The minimum Gasteiger partial charge on any atom is -0.337 e. The smallest absolute Gasteiger partial charge is 0.266 e. The first kappa shape index (κ1) is 21.3. The maximum absolute atomic E-state index is 12.8. The Labute approximate surface area is 180 Å². The molecule has 0 aromatic carbocycles. The number of hydrogen-bond acceptors (Lipinski definition) is 7. The van der Waals surface area contributed by atoms with Crippen LogP contribution in [-0.2, 0) is 23.6 Å². The van der Waals surface area contributed by atoms with Gasteiger partial charge >= 0.3 is 0 Å². The highest BCUT2D eigenvalue weighted by Gasteiger charge is 2.30. The number of rotatable bonds is 6. The first-order valence-electron chi connectivity index (χ1n) is 10.1. The third-order valence-corrected chi connectivity index (χ3v) is 7.24. The molecule has 0 amide bonds. The quantitative estimate of drug-likeness (QED) is 0.541. The van der Waals surface area contributed by atoms with Crippen LogP contribution in [0.15, 0.2) is 52.7 Å². The molecule has 11 heteroatoms. The lowest BCUT2D eigenvalue weighted by Gasteiger charge is -2.33.